The molecule has 1 unspecified atom stereocenters. The van der Waals surface area contributed by atoms with Gasteiger partial charge in [-0.1, -0.05) is 0 Å². The molecule has 22 heavy (non-hydrogen) atoms. The lowest BCUT2D eigenvalue weighted by Gasteiger charge is -2.13. The average molecular weight is 321 g/mol. The van der Waals surface area contributed by atoms with Gasteiger partial charge < -0.3 is 14.5 Å². The molecular formula is C14H16N3O4P. The van der Waals surface area contributed by atoms with Gasteiger partial charge in [0, 0.05) is 18.6 Å². The van der Waals surface area contributed by atoms with E-state index in [2.05, 4.69) is 15.0 Å². The van der Waals surface area contributed by atoms with Gasteiger partial charge in [-0.05, 0) is 37.1 Å². The molecule has 1 aromatic heterocycles. The largest absolute Gasteiger partial charge is 0.507 e. The van der Waals surface area contributed by atoms with Crippen molar-refractivity contribution in [3.63, 3.8) is 0 Å². The van der Waals surface area contributed by atoms with E-state index in [1.807, 2.05) is 0 Å². The Labute approximate surface area is 127 Å². The van der Waals surface area contributed by atoms with Crippen molar-refractivity contribution >= 4 is 19.6 Å². The summed E-state index contributed by atoms with van der Waals surface area (Å²) in [6.45, 7) is 3.38. The van der Waals surface area contributed by atoms with E-state index in [0.29, 0.717) is 16.9 Å². The number of phenolic OH excluding ortho intramolecular Hbond substituents is 1. The topological polar surface area (TPSA) is 105 Å². The first-order chi connectivity index (χ1) is 10.4. The van der Waals surface area contributed by atoms with Gasteiger partial charge in [-0.25, -0.2) is 14.5 Å². The van der Waals surface area contributed by atoms with Crippen LogP contribution in [0.1, 0.15) is 11.1 Å². The highest BCUT2D eigenvalue weighted by Crippen LogP contribution is 2.43. The van der Waals surface area contributed by atoms with E-state index < -0.39 is 7.60 Å². The van der Waals surface area contributed by atoms with Crippen molar-refractivity contribution in [2.24, 2.45) is 4.99 Å². The summed E-state index contributed by atoms with van der Waals surface area (Å²) in [6.07, 6.45) is 5.43. The van der Waals surface area contributed by atoms with Crippen molar-refractivity contribution in [1.29, 1.82) is 0 Å². The summed E-state index contributed by atoms with van der Waals surface area (Å²) < 4.78 is 17.2. The minimum Gasteiger partial charge on any atom is -0.507 e. The molecule has 0 bridgehead atoms. The van der Waals surface area contributed by atoms with Crippen LogP contribution in [0.3, 0.4) is 0 Å². The van der Waals surface area contributed by atoms with E-state index in [0.717, 1.165) is 0 Å². The average Bonchev–Trinajstić information content (AvgIpc) is 2.45. The minimum absolute atomic E-state index is 0.143. The molecule has 1 heterocycles. The second-order valence-corrected chi connectivity index (χ2v) is 6.51. The Morgan fingerprint density at radius 2 is 2.00 bits per heavy atom. The fourth-order valence-electron chi connectivity index (χ4n) is 1.77. The molecule has 0 amide bonds. The summed E-state index contributed by atoms with van der Waals surface area (Å²) in [4.78, 5) is 21.5. The molecule has 8 heteroatoms. The Balaban J connectivity index is 2.05. The van der Waals surface area contributed by atoms with Gasteiger partial charge in [0.15, 0.2) is 5.82 Å². The molecule has 0 radical (unpaired) electrons. The fraction of sp³-hybridized carbons (Fsp3) is 0.214. The molecule has 0 fully saturated rings. The van der Waals surface area contributed by atoms with E-state index >= 15 is 0 Å². The SMILES string of the molecule is Cc1cc(OP(=O)(O)CC=Nc2cnccn2)cc(C)c1O. The monoisotopic (exact) mass is 321 g/mol. The first-order valence-electron chi connectivity index (χ1n) is 6.47. The Bertz CT molecular complexity index is 711. The molecule has 2 aromatic rings. The maximum absolute atomic E-state index is 12.0. The molecule has 1 atom stereocenters. The first-order valence-corrected chi connectivity index (χ1v) is 8.24. The summed E-state index contributed by atoms with van der Waals surface area (Å²) in [6, 6.07) is 3.01. The van der Waals surface area contributed by atoms with E-state index in [1.54, 1.807) is 13.8 Å². The van der Waals surface area contributed by atoms with Crippen LogP contribution in [0.4, 0.5) is 5.82 Å². The van der Waals surface area contributed by atoms with Crippen LogP contribution in [0.2, 0.25) is 0 Å². The van der Waals surface area contributed by atoms with Crippen molar-refractivity contribution in [2.75, 3.05) is 6.16 Å². The van der Waals surface area contributed by atoms with Crippen LogP contribution < -0.4 is 4.52 Å². The zero-order valence-electron chi connectivity index (χ0n) is 12.2. The third-order valence-electron chi connectivity index (χ3n) is 2.80. The second-order valence-electron chi connectivity index (χ2n) is 4.69. The summed E-state index contributed by atoms with van der Waals surface area (Å²) in [7, 11) is -3.89. The lowest BCUT2D eigenvalue weighted by atomic mass is 10.1. The smallest absolute Gasteiger partial charge is 0.381 e. The Hall–Kier alpha value is -2.24. The molecule has 0 saturated carbocycles. The predicted molar refractivity (Wildman–Crippen MR) is 83.1 cm³/mol. The van der Waals surface area contributed by atoms with Gasteiger partial charge in [-0.3, -0.25) is 4.98 Å². The van der Waals surface area contributed by atoms with Crippen molar-refractivity contribution in [3.05, 3.63) is 41.9 Å². The number of hydrogen-bond donors (Lipinski definition) is 2. The van der Waals surface area contributed by atoms with Gasteiger partial charge >= 0.3 is 7.60 Å². The molecule has 1 aromatic carbocycles. The van der Waals surface area contributed by atoms with Crippen LogP contribution in [0.15, 0.2) is 35.7 Å². The quantitative estimate of drug-likeness (QED) is 0.648. The third-order valence-corrected chi connectivity index (χ3v) is 3.92. The zero-order chi connectivity index (χ0) is 16.2. The van der Waals surface area contributed by atoms with Crippen molar-refractivity contribution < 1.29 is 19.1 Å². The number of aromatic hydroxyl groups is 1. The maximum atomic E-state index is 12.0. The highest BCUT2D eigenvalue weighted by Gasteiger charge is 2.20. The molecule has 0 saturated heterocycles. The molecule has 116 valence electrons. The number of nitrogens with zero attached hydrogens (tertiary/aromatic N) is 3. The maximum Gasteiger partial charge on any atom is 0.381 e. The summed E-state index contributed by atoms with van der Waals surface area (Å²) in [5, 5.41) is 9.68. The van der Waals surface area contributed by atoms with Crippen molar-refractivity contribution in [3.8, 4) is 11.5 Å². The van der Waals surface area contributed by atoms with Crippen LogP contribution in [-0.4, -0.2) is 32.3 Å². The number of aliphatic imine (C=N–C) groups is 1. The van der Waals surface area contributed by atoms with Crippen molar-refractivity contribution in [2.45, 2.75) is 13.8 Å². The van der Waals surface area contributed by atoms with Gasteiger partial charge in [0.25, 0.3) is 0 Å². The number of benzene rings is 1. The number of aromatic nitrogens is 2. The van der Waals surface area contributed by atoms with E-state index in [-0.39, 0.29) is 17.7 Å². The molecule has 0 spiro atoms. The standard InChI is InChI=1S/C14H16N3O4P/c1-10-7-12(8-11(2)14(10)18)21-22(19,20)6-5-17-13-9-15-3-4-16-13/h3-5,7-9,18H,6H2,1-2H3,(H,19,20). The van der Waals surface area contributed by atoms with Gasteiger partial charge in [-0.2, -0.15) is 0 Å². The van der Waals surface area contributed by atoms with Crippen molar-refractivity contribution in [1.82, 2.24) is 9.97 Å². The molecule has 2 N–H and O–H groups in total. The first kappa shape index (κ1) is 16.1. The summed E-state index contributed by atoms with van der Waals surface area (Å²) >= 11 is 0. The van der Waals surface area contributed by atoms with Crippen LogP contribution in [0.5, 0.6) is 11.5 Å². The normalized spacial score (nSPS) is 14.0. The van der Waals surface area contributed by atoms with Gasteiger partial charge in [-0.15, -0.1) is 0 Å². The second kappa shape index (κ2) is 6.68. The molecule has 0 aliphatic carbocycles. The summed E-state index contributed by atoms with van der Waals surface area (Å²) in [5.41, 5.74) is 1.14. The lowest BCUT2D eigenvalue weighted by Crippen LogP contribution is -1.99. The van der Waals surface area contributed by atoms with Crippen LogP contribution in [-0.2, 0) is 4.57 Å². The van der Waals surface area contributed by atoms with E-state index in [4.69, 9.17) is 4.52 Å². The third kappa shape index (κ3) is 4.38. The minimum atomic E-state index is -3.89. The molecule has 0 aliphatic heterocycles. The Morgan fingerprint density at radius 1 is 1.32 bits per heavy atom. The van der Waals surface area contributed by atoms with Gasteiger partial charge in [0.2, 0.25) is 0 Å². The zero-order valence-corrected chi connectivity index (χ0v) is 13.1. The summed E-state index contributed by atoms with van der Waals surface area (Å²) in [5.74, 6) is 0.717. The highest BCUT2D eigenvalue weighted by atomic mass is 31.2. The molecule has 7 nitrogen and oxygen atoms in total. The number of phenols is 1. The van der Waals surface area contributed by atoms with Crippen LogP contribution in [0.25, 0.3) is 0 Å². The predicted octanol–water partition coefficient (Wildman–Crippen LogP) is 2.77. The fourth-order valence-corrected chi connectivity index (χ4v) is 2.56. The molecule has 0 aliphatic rings. The van der Waals surface area contributed by atoms with E-state index in [9.17, 15) is 14.6 Å². The van der Waals surface area contributed by atoms with Crippen LogP contribution >= 0.6 is 7.60 Å². The Morgan fingerprint density at radius 3 is 2.59 bits per heavy atom. The molecular weight excluding hydrogens is 305 g/mol. The number of aryl methyl sites for hydroxylation is 2. The molecule has 2 rings (SSSR count). The highest BCUT2D eigenvalue weighted by molar-refractivity contribution is 7.54. The van der Waals surface area contributed by atoms with Gasteiger partial charge in [0.1, 0.15) is 11.5 Å². The number of hydrogen-bond acceptors (Lipinski definition) is 6. The van der Waals surface area contributed by atoms with Gasteiger partial charge in [0.05, 0.1) is 12.4 Å². The Kier molecular flexibility index (Phi) is 4.90. The lowest BCUT2D eigenvalue weighted by molar-refractivity contribution is 0.383. The van der Waals surface area contributed by atoms with E-state index in [1.165, 1.54) is 36.9 Å². The number of rotatable bonds is 5. The van der Waals surface area contributed by atoms with Crippen LogP contribution in [0, 0.1) is 13.8 Å².